The molecule has 2 nitrogen and oxygen atoms in total. The summed E-state index contributed by atoms with van der Waals surface area (Å²) in [4.78, 5) is 3.89. The number of allylic oxidation sites excluding steroid dienone is 8. The minimum atomic E-state index is 0.610. The third-order valence-corrected chi connectivity index (χ3v) is 1.81. The summed E-state index contributed by atoms with van der Waals surface area (Å²) >= 11 is 0. The molecule has 0 fully saturated rings. The maximum Gasteiger partial charge on any atom is 0.145 e. The van der Waals surface area contributed by atoms with Crippen LogP contribution in [0, 0.1) is 0 Å². The topological polar surface area (TPSA) is 21.6 Å². The van der Waals surface area contributed by atoms with Gasteiger partial charge in [-0.2, -0.15) is 0 Å². The monoisotopic (exact) mass is 229 g/mol. The highest BCUT2D eigenvalue weighted by molar-refractivity contribution is 5.76. The van der Waals surface area contributed by atoms with Gasteiger partial charge in [0, 0.05) is 7.05 Å². The van der Waals surface area contributed by atoms with Gasteiger partial charge in [-0.15, -0.1) is 0 Å². The van der Waals surface area contributed by atoms with Crippen molar-refractivity contribution in [1.29, 1.82) is 0 Å². The quantitative estimate of drug-likeness (QED) is 0.367. The first kappa shape index (κ1) is 14.9. The molecule has 0 saturated carbocycles. The van der Waals surface area contributed by atoms with Crippen molar-refractivity contribution in [3.05, 3.63) is 73.3 Å². The molecule has 0 aliphatic heterocycles. The Morgan fingerprint density at radius 3 is 2.18 bits per heavy atom. The normalized spacial score (nSPS) is 13.6. The molecule has 0 aliphatic rings. The summed E-state index contributed by atoms with van der Waals surface area (Å²) in [5, 5.41) is 0. The first-order chi connectivity index (χ1) is 8.17. The van der Waals surface area contributed by atoms with Gasteiger partial charge >= 0.3 is 0 Å². The van der Waals surface area contributed by atoms with Crippen LogP contribution in [0.4, 0.5) is 0 Å². The van der Waals surface area contributed by atoms with E-state index >= 15 is 0 Å². The maximum atomic E-state index is 5.58. The van der Waals surface area contributed by atoms with E-state index in [0.29, 0.717) is 11.5 Å². The van der Waals surface area contributed by atoms with Crippen molar-refractivity contribution in [2.45, 2.75) is 6.92 Å². The highest BCUT2D eigenvalue weighted by Gasteiger charge is 1.95. The second-order valence-corrected chi connectivity index (χ2v) is 3.18. The molecule has 2 heteroatoms. The smallest absolute Gasteiger partial charge is 0.145 e. The molecular weight excluding hydrogens is 210 g/mol. The van der Waals surface area contributed by atoms with Crippen molar-refractivity contribution in [2.75, 3.05) is 7.05 Å². The first-order valence-electron chi connectivity index (χ1n) is 5.24. The van der Waals surface area contributed by atoms with Crippen LogP contribution in [0.2, 0.25) is 0 Å². The van der Waals surface area contributed by atoms with Gasteiger partial charge in [0.25, 0.3) is 0 Å². The lowest BCUT2D eigenvalue weighted by Gasteiger charge is -2.05. The standard InChI is InChI=1S/C15H19NO/c1-6-9-15(12-16-5)17-14(8-3)11-10-13(4)7-2/h6-12H,1-3H2,4-5H3/b13-10-,14-11+,15-9+,16-12?. The Labute approximate surface area is 104 Å². The van der Waals surface area contributed by atoms with Gasteiger partial charge in [0.1, 0.15) is 11.5 Å². The highest BCUT2D eigenvalue weighted by atomic mass is 16.5. The zero-order chi connectivity index (χ0) is 13.1. The van der Waals surface area contributed by atoms with E-state index < -0.39 is 0 Å². The van der Waals surface area contributed by atoms with E-state index in [0.717, 1.165) is 5.57 Å². The largest absolute Gasteiger partial charge is 0.456 e. The lowest BCUT2D eigenvalue weighted by atomic mass is 10.2. The number of ether oxygens (including phenoxy) is 1. The fourth-order valence-electron chi connectivity index (χ4n) is 0.908. The van der Waals surface area contributed by atoms with Gasteiger partial charge in [-0.25, -0.2) is 0 Å². The minimum Gasteiger partial charge on any atom is -0.456 e. The second-order valence-electron chi connectivity index (χ2n) is 3.18. The molecule has 0 aromatic heterocycles. The SMILES string of the molecule is C=C/C=C(\C=NC)O/C(C=C)=C/C=C(/C)C=C. The van der Waals surface area contributed by atoms with Crippen molar-refractivity contribution >= 4 is 6.21 Å². The molecule has 0 heterocycles. The van der Waals surface area contributed by atoms with Crippen LogP contribution in [0.1, 0.15) is 6.92 Å². The van der Waals surface area contributed by atoms with E-state index in [1.54, 1.807) is 37.6 Å². The van der Waals surface area contributed by atoms with Gasteiger partial charge in [0.05, 0.1) is 6.21 Å². The summed E-state index contributed by atoms with van der Waals surface area (Å²) in [6, 6.07) is 0. The lowest BCUT2D eigenvalue weighted by Crippen LogP contribution is -1.92. The van der Waals surface area contributed by atoms with Crippen LogP contribution in [0.15, 0.2) is 78.3 Å². The van der Waals surface area contributed by atoms with Crippen molar-refractivity contribution in [3.8, 4) is 0 Å². The summed E-state index contributed by atoms with van der Waals surface area (Å²) in [7, 11) is 1.68. The van der Waals surface area contributed by atoms with Gasteiger partial charge < -0.3 is 4.74 Å². The number of rotatable bonds is 7. The van der Waals surface area contributed by atoms with Gasteiger partial charge in [-0.1, -0.05) is 43.5 Å². The van der Waals surface area contributed by atoms with Crippen LogP contribution < -0.4 is 0 Å². The third kappa shape index (κ3) is 6.90. The van der Waals surface area contributed by atoms with Crippen LogP contribution in [-0.4, -0.2) is 13.3 Å². The Kier molecular flexibility index (Phi) is 8.03. The van der Waals surface area contributed by atoms with Crippen molar-refractivity contribution < 1.29 is 4.74 Å². The first-order valence-corrected chi connectivity index (χ1v) is 5.24. The molecular formula is C15H19NO. The van der Waals surface area contributed by atoms with Crippen LogP contribution in [0.25, 0.3) is 0 Å². The maximum absolute atomic E-state index is 5.58. The molecule has 0 saturated heterocycles. The molecule has 0 amide bonds. The highest BCUT2D eigenvalue weighted by Crippen LogP contribution is 2.08. The van der Waals surface area contributed by atoms with Crippen LogP contribution in [0.3, 0.4) is 0 Å². The van der Waals surface area contributed by atoms with Crippen LogP contribution in [-0.2, 0) is 4.74 Å². The molecule has 0 aliphatic carbocycles. The van der Waals surface area contributed by atoms with Gasteiger partial charge in [0.2, 0.25) is 0 Å². The number of hydrogen-bond donors (Lipinski definition) is 0. The summed E-state index contributed by atoms with van der Waals surface area (Å²) < 4.78 is 5.58. The van der Waals surface area contributed by atoms with Gasteiger partial charge in [-0.3, -0.25) is 4.99 Å². The van der Waals surface area contributed by atoms with Crippen LogP contribution >= 0.6 is 0 Å². The Morgan fingerprint density at radius 1 is 1.00 bits per heavy atom. The Morgan fingerprint density at radius 2 is 1.71 bits per heavy atom. The van der Waals surface area contributed by atoms with E-state index in [2.05, 4.69) is 24.7 Å². The predicted octanol–water partition coefficient (Wildman–Crippen LogP) is 3.98. The molecule has 17 heavy (non-hydrogen) atoms. The Hall–Kier alpha value is -2.09. The van der Waals surface area contributed by atoms with Crippen LogP contribution in [0.5, 0.6) is 0 Å². The zero-order valence-corrected chi connectivity index (χ0v) is 10.5. The molecule has 0 spiro atoms. The second kappa shape index (κ2) is 9.16. The minimum absolute atomic E-state index is 0.610. The van der Waals surface area contributed by atoms with Crippen molar-refractivity contribution in [1.82, 2.24) is 0 Å². The summed E-state index contributed by atoms with van der Waals surface area (Å²) in [5.41, 5.74) is 1.05. The fourth-order valence-corrected chi connectivity index (χ4v) is 0.908. The molecule has 0 atom stereocenters. The molecule has 0 radical (unpaired) electrons. The molecule has 0 aromatic carbocycles. The molecule has 0 N–H and O–H groups in total. The van der Waals surface area contributed by atoms with E-state index in [4.69, 9.17) is 4.74 Å². The molecule has 0 unspecified atom stereocenters. The number of aliphatic imine (C=N–C) groups is 1. The molecule has 0 aromatic rings. The zero-order valence-electron chi connectivity index (χ0n) is 10.5. The number of nitrogens with zero attached hydrogens (tertiary/aromatic N) is 1. The van der Waals surface area contributed by atoms with Gasteiger partial charge in [-0.05, 0) is 25.2 Å². The van der Waals surface area contributed by atoms with Gasteiger partial charge in [0.15, 0.2) is 0 Å². The van der Waals surface area contributed by atoms with E-state index in [1.807, 2.05) is 19.1 Å². The summed E-state index contributed by atoms with van der Waals surface area (Å²) in [6.07, 6.45) is 12.1. The number of hydrogen-bond acceptors (Lipinski definition) is 2. The molecule has 0 bridgehead atoms. The predicted molar refractivity (Wildman–Crippen MR) is 76.0 cm³/mol. The summed E-state index contributed by atoms with van der Waals surface area (Å²) in [6.45, 7) is 12.9. The Bertz CT molecular complexity index is 395. The van der Waals surface area contributed by atoms with E-state index in [1.165, 1.54) is 0 Å². The average Bonchev–Trinajstić information content (AvgIpc) is 2.34. The summed E-state index contributed by atoms with van der Waals surface area (Å²) in [5.74, 6) is 1.25. The van der Waals surface area contributed by atoms with E-state index in [9.17, 15) is 0 Å². The Balaban J connectivity index is 4.91. The fraction of sp³-hybridized carbons (Fsp3) is 0.133. The van der Waals surface area contributed by atoms with E-state index in [-0.39, 0.29) is 0 Å². The van der Waals surface area contributed by atoms with Crippen molar-refractivity contribution in [2.24, 2.45) is 4.99 Å². The molecule has 0 rings (SSSR count). The molecule has 90 valence electrons. The lowest BCUT2D eigenvalue weighted by molar-refractivity contribution is 0.347. The third-order valence-electron chi connectivity index (χ3n) is 1.81. The van der Waals surface area contributed by atoms with Crippen molar-refractivity contribution in [3.63, 3.8) is 0 Å². The average molecular weight is 229 g/mol.